The molecular formula is C22H23BrN4O2. The lowest BCUT2D eigenvalue weighted by atomic mass is 9.95. The Morgan fingerprint density at radius 2 is 1.72 bits per heavy atom. The van der Waals surface area contributed by atoms with Crippen molar-refractivity contribution in [2.24, 2.45) is 5.41 Å². The highest BCUT2D eigenvalue weighted by molar-refractivity contribution is 9.10. The quantitative estimate of drug-likeness (QED) is 0.569. The number of nitrogens with zero attached hydrogens (tertiary/aromatic N) is 2. The minimum atomic E-state index is -0.522. The minimum absolute atomic E-state index is 0.113. The van der Waals surface area contributed by atoms with Gasteiger partial charge in [0, 0.05) is 27.2 Å². The van der Waals surface area contributed by atoms with Crippen molar-refractivity contribution in [1.82, 2.24) is 9.78 Å². The van der Waals surface area contributed by atoms with E-state index in [0.29, 0.717) is 17.1 Å². The topological polar surface area (TPSA) is 76.0 Å². The molecule has 0 saturated carbocycles. The third kappa shape index (κ3) is 5.12. The van der Waals surface area contributed by atoms with E-state index >= 15 is 0 Å². The maximum absolute atomic E-state index is 12.8. The lowest BCUT2D eigenvalue weighted by molar-refractivity contribution is -0.123. The SMILES string of the molecule is Cc1cc(NC(=O)c2cccc(NC(=O)C(C)(C)C)c2)n(-c2cccc(Br)c2)n1. The lowest BCUT2D eigenvalue weighted by Crippen LogP contribution is -2.27. The van der Waals surface area contributed by atoms with Crippen LogP contribution in [0.4, 0.5) is 11.5 Å². The number of anilines is 2. The second kappa shape index (κ2) is 8.21. The number of aromatic nitrogens is 2. The molecule has 6 nitrogen and oxygen atoms in total. The first-order valence-corrected chi connectivity index (χ1v) is 9.98. The summed E-state index contributed by atoms with van der Waals surface area (Å²) in [6.07, 6.45) is 0. The number of nitrogens with one attached hydrogen (secondary N) is 2. The zero-order valence-electron chi connectivity index (χ0n) is 16.8. The molecule has 150 valence electrons. The fourth-order valence-corrected chi connectivity index (χ4v) is 3.03. The molecule has 0 aliphatic rings. The maximum atomic E-state index is 12.8. The van der Waals surface area contributed by atoms with Gasteiger partial charge in [-0.1, -0.05) is 48.8 Å². The van der Waals surface area contributed by atoms with Crippen molar-refractivity contribution in [1.29, 1.82) is 0 Å². The molecule has 1 heterocycles. The van der Waals surface area contributed by atoms with Gasteiger partial charge in [-0.25, -0.2) is 4.68 Å². The first kappa shape index (κ1) is 20.8. The number of carbonyl (C=O) groups is 2. The second-order valence-electron chi connectivity index (χ2n) is 7.80. The Kier molecular flexibility index (Phi) is 5.88. The Labute approximate surface area is 178 Å². The molecule has 0 bridgehead atoms. The summed E-state index contributed by atoms with van der Waals surface area (Å²) in [6.45, 7) is 7.38. The van der Waals surface area contributed by atoms with E-state index in [4.69, 9.17) is 0 Å². The Hall–Kier alpha value is -2.93. The molecule has 0 aliphatic carbocycles. The van der Waals surface area contributed by atoms with Crippen LogP contribution in [0.3, 0.4) is 0 Å². The highest BCUT2D eigenvalue weighted by atomic mass is 79.9. The van der Waals surface area contributed by atoms with Crippen LogP contribution in [0.5, 0.6) is 0 Å². The smallest absolute Gasteiger partial charge is 0.256 e. The second-order valence-corrected chi connectivity index (χ2v) is 8.72. The fraction of sp³-hybridized carbons (Fsp3) is 0.227. The van der Waals surface area contributed by atoms with Gasteiger partial charge in [0.05, 0.1) is 11.4 Å². The van der Waals surface area contributed by atoms with E-state index in [1.54, 1.807) is 28.9 Å². The van der Waals surface area contributed by atoms with Crippen molar-refractivity contribution in [2.45, 2.75) is 27.7 Å². The monoisotopic (exact) mass is 454 g/mol. The van der Waals surface area contributed by atoms with Gasteiger partial charge in [0.2, 0.25) is 5.91 Å². The molecule has 3 rings (SSSR count). The molecule has 3 aromatic rings. The molecule has 2 aromatic carbocycles. The molecule has 7 heteroatoms. The van der Waals surface area contributed by atoms with E-state index in [0.717, 1.165) is 15.9 Å². The number of carbonyl (C=O) groups excluding carboxylic acids is 2. The highest BCUT2D eigenvalue weighted by Crippen LogP contribution is 2.22. The van der Waals surface area contributed by atoms with Gasteiger partial charge in [0.25, 0.3) is 5.91 Å². The van der Waals surface area contributed by atoms with Crippen LogP contribution in [0, 0.1) is 12.3 Å². The van der Waals surface area contributed by atoms with Crippen molar-refractivity contribution in [2.75, 3.05) is 10.6 Å². The molecule has 0 radical (unpaired) electrons. The summed E-state index contributed by atoms with van der Waals surface area (Å²) in [5.74, 6) is 0.168. The largest absolute Gasteiger partial charge is 0.326 e. The van der Waals surface area contributed by atoms with Crippen LogP contribution < -0.4 is 10.6 Å². The number of benzene rings is 2. The van der Waals surface area contributed by atoms with Gasteiger partial charge in [-0.05, 0) is 43.3 Å². The molecule has 0 unspecified atom stereocenters. The summed E-state index contributed by atoms with van der Waals surface area (Å²) in [5.41, 5.74) is 2.11. The summed E-state index contributed by atoms with van der Waals surface area (Å²) in [5, 5.41) is 10.2. The van der Waals surface area contributed by atoms with Gasteiger partial charge in [0.15, 0.2) is 0 Å². The number of amides is 2. The van der Waals surface area contributed by atoms with Crippen LogP contribution in [-0.4, -0.2) is 21.6 Å². The molecular weight excluding hydrogens is 432 g/mol. The number of hydrogen-bond acceptors (Lipinski definition) is 3. The van der Waals surface area contributed by atoms with Crippen LogP contribution in [0.25, 0.3) is 5.69 Å². The average Bonchev–Trinajstić information content (AvgIpc) is 3.01. The standard InChI is InChI=1S/C22H23BrN4O2/c1-14-11-19(27(26-14)18-10-6-8-16(23)13-18)25-20(28)15-7-5-9-17(12-15)24-21(29)22(2,3)4/h5-13H,1-4H3,(H,24,29)(H,25,28). The first-order valence-electron chi connectivity index (χ1n) is 9.19. The van der Waals surface area contributed by atoms with Gasteiger partial charge in [0.1, 0.15) is 5.82 Å². The van der Waals surface area contributed by atoms with E-state index in [2.05, 4.69) is 31.7 Å². The first-order chi connectivity index (χ1) is 13.6. The van der Waals surface area contributed by atoms with E-state index in [1.165, 1.54) is 0 Å². The van der Waals surface area contributed by atoms with E-state index in [1.807, 2.05) is 58.0 Å². The highest BCUT2D eigenvalue weighted by Gasteiger charge is 2.21. The number of halogens is 1. The summed E-state index contributed by atoms with van der Waals surface area (Å²) in [4.78, 5) is 25.0. The van der Waals surface area contributed by atoms with E-state index in [9.17, 15) is 9.59 Å². The van der Waals surface area contributed by atoms with Gasteiger partial charge < -0.3 is 10.6 Å². The molecule has 2 N–H and O–H groups in total. The van der Waals surface area contributed by atoms with Gasteiger partial charge >= 0.3 is 0 Å². The Morgan fingerprint density at radius 1 is 1.00 bits per heavy atom. The van der Waals surface area contributed by atoms with Gasteiger partial charge in [-0.15, -0.1) is 0 Å². The normalized spacial score (nSPS) is 11.2. The maximum Gasteiger partial charge on any atom is 0.256 e. The summed E-state index contributed by atoms with van der Waals surface area (Å²) in [6, 6.07) is 16.3. The number of aryl methyl sites for hydroxylation is 1. The summed E-state index contributed by atoms with van der Waals surface area (Å²) in [7, 11) is 0. The number of hydrogen-bond donors (Lipinski definition) is 2. The molecule has 29 heavy (non-hydrogen) atoms. The molecule has 0 saturated heterocycles. The van der Waals surface area contributed by atoms with E-state index in [-0.39, 0.29) is 11.8 Å². The van der Waals surface area contributed by atoms with Crippen LogP contribution in [-0.2, 0) is 4.79 Å². The Morgan fingerprint density at radius 3 is 2.41 bits per heavy atom. The van der Waals surface area contributed by atoms with Gasteiger partial charge in [-0.2, -0.15) is 5.10 Å². The molecule has 0 fully saturated rings. The van der Waals surface area contributed by atoms with Crippen molar-refractivity contribution < 1.29 is 9.59 Å². The van der Waals surface area contributed by atoms with Crippen molar-refractivity contribution in [3.8, 4) is 5.69 Å². The molecule has 0 spiro atoms. The average molecular weight is 455 g/mol. The Balaban J connectivity index is 1.83. The van der Waals surface area contributed by atoms with Crippen LogP contribution in [0.1, 0.15) is 36.8 Å². The summed E-state index contributed by atoms with van der Waals surface area (Å²) < 4.78 is 2.60. The predicted molar refractivity (Wildman–Crippen MR) is 118 cm³/mol. The van der Waals surface area contributed by atoms with Gasteiger partial charge in [-0.3, -0.25) is 9.59 Å². The van der Waals surface area contributed by atoms with Crippen LogP contribution in [0.15, 0.2) is 59.1 Å². The fourth-order valence-electron chi connectivity index (χ4n) is 2.64. The zero-order valence-corrected chi connectivity index (χ0v) is 18.4. The third-order valence-electron chi connectivity index (χ3n) is 4.19. The molecule has 0 aliphatic heterocycles. The number of rotatable bonds is 4. The van der Waals surface area contributed by atoms with E-state index < -0.39 is 5.41 Å². The third-order valence-corrected chi connectivity index (χ3v) is 4.68. The molecule has 1 aromatic heterocycles. The molecule has 0 atom stereocenters. The van der Waals surface area contributed by atoms with Crippen LogP contribution in [0.2, 0.25) is 0 Å². The van der Waals surface area contributed by atoms with Crippen LogP contribution >= 0.6 is 15.9 Å². The summed E-state index contributed by atoms with van der Waals surface area (Å²) >= 11 is 3.46. The predicted octanol–water partition coefficient (Wildman–Crippen LogP) is 5.18. The molecule has 2 amide bonds. The van der Waals surface area contributed by atoms with Crippen molar-refractivity contribution >= 4 is 39.2 Å². The zero-order chi connectivity index (χ0) is 21.2. The van der Waals surface area contributed by atoms with Crippen molar-refractivity contribution in [3.63, 3.8) is 0 Å². The minimum Gasteiger partial charge on any atom is -0.326 e. The lowest BCUT2D eigenvalue weighted by Gasteiger charge is -2.18. The Bertz CT molecular complexity index is 1070. The van der Waals surface area contributed by atoms with Crippen molar-refractivity contribution in [3.05, 3.63) is 70.3 Å².